The van der Waals surface area contributed by atoms with Gasteiger partial charge in [0.05, 0.1) is 17.9 Å². The fourth-order valence-electron chi connectivity index (χ4n) is 1.72. The topological polar surface area (TPSA) is 39.2 Å². The monoisotopic (exact) mass is 319 g/mol. The van der Waals surface area contributed by atoms with E-state index >= 15 is 0 Å². The van der Waals surface area contributed by atoms with Crippen molar-refractivity contribution in [2.24, 2.45) is 5.73 Å². The average Bonchev–Trinajstić information content (AvgIpc) is 2.73. The highest BCUT2D eigenvalue weighted by Gasteiger charge is 2.35. The summed E-state index contributed by atoms with van der Waals surface area (Å²) in [6, 6.07) is 5.90. The number of nitrogens with two attached hydrogens (primary N) is 1. The molecule has 1 aromatic heterocycles. The molecule has 0 amide bonds. The molecule has 0 spiro atoms. The molecule has 0 saturated carbocycles. The van der Waals surface area contributed by atoms with Crippen molar-refractivity contribution in [1.29, 1.82) is 0 Å². The van der Waals surface area contributed by atoms with Gasteiger partial charge in [0, 0.05) is 5.56 Å². The normalized spacial score (nSPS) is 13.6. The van der Waals surface area contributed by atoms with Crippen LogP contribution in [0.2, 0.25) is 0 Å². The Morgan fingerprint density at radius 1 is 1.11 bits per heavy atom. The van der Waals surface area contributed by atoms with Crippen LogP contribution in [0.4, 0.5) is 13.2 Å². The van der Waals surface area contributed by atoms with Gasteiger partial charge in [0.25, 0.3) is 0 Å². The van der Waals surface area contributed by atoms with Gasteiger partial charge >= 0.3 is 6.18 Å². The molecule has 2 nitrogen and oxygen atoms in total. The molecule has 18 heavy (non-hydrogen) atoms. The van der Waals surface area contributed by atoms with Crippen molar-refractivity contribution in [2.75, 3.05) is 0 Å². The van der Waals surface area contributed by atoms with Gasteiger partial charge in [-0.05, 0) is 33.6 Å². The van der Waals surface area contributed by atoms with Gasteiger partial charge in [-0.25, -0.2) is 0 Å². The molecule has 2 rings (SSSR count). The van der Waals surface area contributed by atoms with E-state index < -0.39 is 17.8 Å². The van der Waals surface area contributed by atoms with Crippen molar-refractivity contribution in [3.05, 3.63) is 58.0 Å². The molecule has 1 heterocycles. The molecular weight excluding hydrogens is 311 g/mol. The summed E-state index contributed by atoms with van der Waals surface area (Å²) in [7, 11) is 0. The quantitative estimate of drug-likeness (QED) is 0.904. The highest BCUT2D eigenvalue weighted by atomic mass is 79.9. The maximum atomic E-state index is 12.9. The van der Waals surface area contributed by atoms with Crippen molar-refractivity contribution < 1.29 is 17.6 Å². The maximum absolute atomic E-state index is 12.9. The third-order valence-electron chi connectivity index (χ3n) is 2.58. The molecule has 0 bridgehead atoms. The number of rotatable bonds is 2. The molecule has 2 N–H and O–H groups in total. The summed E-state index contributed by atoms with van der Waals surface area (Å²) in [5.74, 6) is 0. The molecule has 1 aromatic carbocycles. The Bertz CT molecular complexity index is 550. The molecule has 6 heteroatoms. The van der Waals surface area contributed by atoms with Gasteiger partial charge in [-0.15, -0.1) is 0 Å². The third kappa shape index (κ3) is 2.44. The number of furan rings is 1. The van der Waals surface area contributed by atoms with Gasteiger partial charge in [0.15, 0.2) is 4.67 Å². The minimum atomic E-state index is -4.43. The van der Waals surface area contributed by atoms with Crippen molar-refractivity contribution in [3.63, 3.8) is 0 Å². The van der Waals surface area contributed by atoms with Crippen molar-refractivity contribution in [1.82, 2.24) is 0 Å². The summed E-state index contributed by atoms with van der Waals surface area (Å²) in [5.41, 5.74) is 5.64. The third-order valence-corrected chi connectivity index (χ3v) is 3.23. The van der Waals surface area contributed by atoms with Crippen molar-refractivity contribution in [3.8, 4) is 0 Å². The van der Waals surface area contributed by atoms with E-state index in [4.69, 9.17) is 10.2 Å². The summed E-state index contributed by atoms with van der Waals surface area (Å²) >= 11 is 3.11. The zero-order chi connectivity index (χ0) is 13.3. The Morgan fingerprint density at radius 2 is 1.78 bits per heavy atom. The van der Waals surface area contributed by atoms with Crippen LogP contribution in [0.1, 0.15) is 22.7 Å². The van der Waals surface area contributed by atoms with E-state index in [2.05, 4.69) is 15.9 Å². The van der Waals surface area contributed by atoms with Crippen LogP contribution >= 0.6 is 15.9 Å². The van der Waals surface area contributed by atoms with Crippen LogP contribution in [0, 0.1) is 0 Å². The zero-order valence-corrected chi connectivity index (χ0v) is 10.6. The number of alkyl halides is 3. The summed E-state index contributed by atoms with van der Waals surface area (Å²) in [5, 5.41) is 0. The van der Waals surface area contributed by atoms with Crippen LogP contribution in [0.25, 0.3) is 0 Å². The molecule has 0 radical (unpaired) electrons. The zero-order valence-electron chi connectivity index (χ0n) is 9.04. The molecule has 1 unspecified atom stereocenters. The molecular formula is C12H9BrF3NO. The Labute approximate surface area is 110 Å². The number of hydrogen-bond donors (Lipinski definition) is 1. The SMILES string of the molecule is NC(c1ccccc1C(F)(F)F)c1ccoc1Br. The van der Waals surface area contributed by atoms with Gasteiger partial charge in [-0.3, -0.25) is 0 Å². The predicted octanol–water partition coefficient (Wildman–Crippen LogP) is 4.11. The minimum absolute atomic E-state index is 0.0205. The summed E-state index contributed by atoms with van der Waals surface area (Å²) in [6.45, 7) is 0. The summed E-state index contributed by atoms with van der Waals surface area (Å²) in [4.78, 5) is 0. The second-order valence-corrected chi connectivity index (χ2v) is 4.43. The molecule has 0 fully saturated rings. The Kier molecular flexibility index (Phi) is 3.49. The Hall–Kier alpha value is -1.27. The predicted molar refractivity (Wildman–Crippen MR) is 63.9 cm³/mol. The van der Waals surface area contributed by atoms with Crippen LogP contribution in [0.3, 0.4) is 0 Å². The largest absolute Gasteiger partial charge is 0.457 e. The van der Waals surface area contributed by atoms with Crippen molar-refractivity contribution >= 4 is 15.9 Å². The van der Waals surface area contributed by atoms with E-state index in [9.17, 15) is 13.2 Å². The molecule has 2 aromatic rings. The van der Waals surface area contributed by atoms with Gasteiger partial charge in [-0.2, -0.15) is 13.2 Å². The highest BCUT2D eigenvalue weighted by molar-refractivity contribution is 9.10. The second kappa shape index (κ2) is 4.78. The maximum Gasteiger partial charge on any atom is 0.416 e. The van der Waals surface area contributed by atoms with Crippen LogP contribution in [0.15, 0.2) is 45.7 Å². The first-order valence-electron chi connectivity index (χ1n) is 5.06. The van der Waals surface area contributed by atoms with Crippen LogP contribution in [0.5, 0.6) is 0 Å². The molecule has 1 atom stereocenters. The fraction of sp³-hybridized carbons (Fsp3) is 0.167. The number of halogens is 4. The number of benzene rings is 1. The van der Waals surface area contributed by atoms with Gasteiger partial charge in [0.2, 0.25) is 0 Å². The lowest BCUT2D eigenvalue weighted by molar-refractivity contribution is -0.138. The molecule has 0 aliphatic heterocycles. The lowest BCUT2D eigenvalue weighted by atomic mass is 9.96. The standard InChI is InChI=1S/C12H9BrF3NO/c13-11-8(5-6-18-11)10(17)7-3-1-2-4-9(7)12(14,15)16/h1-6,10H,17H2. The van der Waals surface area contributed by atoms with Crippen LogP contribution in [-0.4, -0.2) is 0 Å². The Balaban J connectivity index is 2.49. The highest BCUT2D eigenvalue weighted by Crippen LogP contribution is 2.37. The smallest absolute Gasteiger partial charge is 0.416 e. The molecule has 0 aliphatic rings. The van der Waals surface area contributed by atoms with Gasteiger partial charge in [0.1, 0.15) is 0 Å². The first-order valence-corrected chi connectivity index (χ1v) is 5.85. The summed E-state index contributed by atoms with van der Waals surface area (Å²) < 4.78 is 43.9. The Morgan fingerprint density at radius 3 is 2.33 bits per heavy atom. The fourth-order valence-corrected chi connectivity index (χ4v) is 2.21. The molecule has 0 aliphatic carbocycles. The van der Waals surface area contributed by atoms with E-state index in [1.165, 1.54) is 24.5 Å². The van der Waals surface area contributed by atoms with E-state index in [1.807, 2.05) is 0 Å². The van der Waals surface area contributed by atoms with Crippen LogP contribution < -0.4 is 5.73 Å². The van der Waals surface area contributed by atoms with E-state index in [0.29, 0.717) is 10.2 Å². The lowest BCUT2D eigenvalue weighted by Crippen LogP contribution is -2.18. The second-order valence-electron chi connectivity index (χ2n) is 3.71. The van der Waals surface area contributed by atoms with Gasteiger partial charge in [-0.1, -0.05) is 18.2 Å². The first kappa shape index (κ1) is 13.2. The average molecular weight is 320 g/mol. The van der Waals surface area contributed by atoms with E-state index in [-0.39, 0.29) is 5.56 Å². The van der Waals surface area contributed by atoms with Crippen LogP contribution in [-0.2, 0) is 6.18 Å². The van der Waals surface area contributed by atoms with E-state index in [1.54, 1.807) is 6.07 Å². The lowest BCUT2D eigenvalue weighted by Gasteiger charge is -2.17. The van der Waals surface area contributed by atoms with Gasteiger partial charge < -0.3 is 10.2 Å². The number of hydrogen-bond acceptors (Lipinski definition) is 2. The first-order chi connectivity index (χ1) is 8.41. The molecule has 0 saturated heterocycles. The van der Waals surface area contributed by atoms with E-state index in [0.717, 1.165) is 6.07 Å². The molecule has 96 valence electrons. The minimum Gasteiger partial charge on any atom is -0.457 e. The summed E-state index contributed by atoms with van der Waals surface area (Å²) in [6.07, 6.45) is -3.06. The van der Waals surface area contributed by atoms with Crippen molar-refractivity contribution in [2.45, 2.75) is 12.2 Å².